The molecular formula is C14H21N5O2. The number of aromatic nitrogens is 4. The fraction of sp³-hybridized carbons (Fsp3) is 0.500. The summed E-state index contributed by atoms with van der Waals surface area (Å²) in [5, 5.41) is 7.34. The molecule has 0 aliphatic rings. The Morgan fingerprint density at radius 3 is 2.90 bits per heavy atom. The fourth-order valence-corrected chi connectivity index (χ4v) is 1.80. The maximum Gasteiger partial charge on any atom is 0.164 e. The summed E-state index contributed by atoms with van der Waals surface area (Å²) in [6, 6.07) is 3.85. The zero-order chi connectivity index (χ0) is 14.9. The summed E-state index contributed by atoms with van der Waals surface area (Å²) < 4.78 is 12.4. The summed E-state index contributed by atoms with van der Waals surface area (Å²) in [7, 11) is 1.69. The van der Waals surface area contributed by atoms with E-state index in [0.717, 1.165) is 30.4 Å². The zero-order valence-corrected chi connectivity index (χ0v) is 12.5. The van der Waals surface area contributed by atoms with Gasteiger partial charge in [0, 0.05) is 26.7 Å². The van der Waals surface area contributed by atoms with Crippen molar-refractivity contribution >= 4 is 0 Å². The fourth-order valence-electron chi connectivity index (χ4n) is 1.80. The van der Waals surface area contributed by atoms with Crippen LogP contribution in [0.1, 0.15) is 18.4 Å². The van der Waals surface area contributed by atoms with E-state index in [1.807, 2.05) is 23.7 Å². The Hall–Kier alpha value is -1.99. The minimum absolute atomic E-state index is 0.390. The van der Waals surface area contributed by atoms with E-state index in [0.29, 0.717) is 19.8 Å². The number of pyridine rings is 1. The van der Waals surface area contributed by atoms with Crippen molar-refractivity contribution < 1.29 is 9.47 Å². The molecule has 0 aliphatic carbocycles. The minimum Gasteiger partial charge on any atom is -0.484 e. The molecule has 0 atom stereocenters. The third kappa shape index (κ3) is 4.80. The van der Waals surface area contributed by atoms with Gasteiger partial charge in [0.25, 0.3) is 0 Å². The van der Waals surface area contributed by atoms with Crippen LogP contribution in [-0.2, 0) is 24.4 Å². The van der Waals surface area contributed by atoms with E-state index in [1.54, 1.807) is 13.3 Å². The van der Waals surface area contributed by atoms with E-state index in [9.17, 15) is 0 Å². The molecule has 0 unspecified atom stereocenters. The van der Waals surface area contributed by atoms with Crippen LogP contribution >= 0.6 is 0 Å². The van der Waals surface area contributed by atoms with Crippen LogP contribution in [0.5, 0.6) is 5.75 Å². The van der Waals surface area contributed by atoms with Gasteiger partial charge in [0.05, 0.1) is 18.5 Å². The molecule has 0 radical (unpaired) electrons. The van der Waals surface area contributed by atoms with Crippen LogP contribution in [-0.4, -0.2) is 40.0 Å². The number of nitrogens with one attached hydrogen (secondary N) is 1. The van der Waals surface area contributed by atoms with Crippen molar-refractivity contribution in [3.63, 3.8) is 0 Å². The van der Waals surface area contributed by atoms with Crippen LogP contribution in [0, 0.1) is 0 Å². The van der Waals surface area contributed by atoms with Gasteiger partial charge in [-0.15, -0.1) is 0 Å². The Labute approximate surface area is 124 Å². The van der Waals surface area contributed by atoms with Crippen LogP contribution < -0.4 is 10.1 Å². The van der Waals surface area contributed by atoms with Gasteiger partial charge in [0.2, 0.25) is 0 Å². The summed E-state index contributed by atoms with van der Waals surface area (Å²) in [4.78, 5) is 8.51. The number of rotatable bonds is 9. The van der Waals surface area contributed by atoms with E-state index in [4.69, 9.17) is 9.47 Å². The smallest absolute Gasteiger partial charge is 0.164 e. The predicted octanol–water partition coefficient (Wildman–Crippen LogP) is 1.01. The normalized spacial score (nSPS) is 10.8. The van der Waals surface area contributed by atoms with Crippen molar-refractivity contribution in [3.05, 3.63) is 36.2 Å². The lowest BCUT2D eigenvalue weighted by atomic mass is 10.3. The molecule has 0 saturated heterocycles. The summed E-state index contributed by atoms with van der Waals surface area (Å²) in [5.41, 5.74) is 0.968. The molecule has 114 valence electrons. The van der Waals surface area contributed by atoms with Crippen LogP contribution in [0.4, 0.5) is 0 Å². The molecule has 0 saturated carbocycles. The Bertz CT molecular complexity index is 526. The molecule has 0 bridgehead atoms. The first-order valence-electron chi connectivity index (χ1n) is 6.97. The van der Waals surface area contributed by atoms with Crippen LogP contribution in [0.3, 0.4) is 0 Å². The zero-order valence-electron chi connectivity index (χ0n) is 12.5. The number of ether oxygens (including phenoxy) is 2. The second-order valence-electron chi connectivity index (χ2n) is 4.44. The lowest BCUT2D eigenvalue weighted by Crippen LogP contribution is -2.19. The lowest BCUT2D eigenvalue weighted by Gasteiger charge is -2.07. The summed E-state index contributed by atoms with van der Waals surface area (Å²) in [6.45, 7) is 5.41. The first kappa shape index (κ1) is 15.4. The number of hydrogen-bond acceptors (Lipinski definition) is 6. The van der Waals surface area contributed by atoms with Gasteiger partial charge < -0.3 is 14.8 Å². The Balaban J connectivity index is 1.79. The summed E-state index contributed by atoms with van der Waals surface area (Å²) >= 11 is 0. The molecule has 0 aliphatic heterocycles. The highest BCUT2D eigenvalue weighted by Gasteiger charge is 2.04. The summed E-state index contributed by atoms with van der Waals surface area (Å²) in [6.07, 6.45) is 3.26. The van der Waals surface area contributed by atoms with E-state index < -0.39 is 0 Å². The van der Waals surface area contributed by atoms with Crippen molar-refractivity contribution in [2.45, 2.75) is 26.6 Å². The van der Waals surface area contributed by atoms with E-state index >= 15 is 0 Å². The second kappa shape index (κ2) is 8.33. The summed E-state index contributed by atoms with van der Waals surface area (Å²) in [5.74, 6) is 1.53. The molecule has 0 aromatic carbocycles. The van der Waals surface area contributed by atoms with E-state index in [-0.39, 0.29) is 0 Å². The molecule has 7 heteroatoms. The lowest BCUT2D eigenvalue weighted by molar-refractivity contribution is 0.199. The number of aryl methyl sites for hydroxylation is 1. The molecule has 2 rings (SSSR count). The van der Waals surface area contributed by atoms with Gasteiger partial charge >= 0.3 is 0 Å². The highest BCUT2D eigenvalue weighted by Crippen LogP contribution is 2.11. The van der Waals surface area contributed by atoms with Crippen LogP contribution in [0.2, 0.25) is 0 Å². The third-order valence-corrected chi connectivity index (χ3v) is 2.95. The van der Waals surface area contributed by atoms with Crippen molar-refractivity contribution in [3.8, 4) is 5.75 Å². The van der Waals surface area contributed by atoms with Crippen molar-refractivity contribution in [1.29, 1.82) is 0 Å². The average Bonchev–Trinajstić information content (AvgIpc) is 2.98. The topological polar surface area (TPSA) is 74.1 Å². The van der Waals surface area contributed by atoms with Gasteiger partial charge in [0.1, 0.15) is 18.7 Å². The third-order valence-electron chi connectivity index (χ3n) is 2.95. The molecule has 2 aromatic heterocycles. The van der Waals surface area contributed by atoms with Crippen molar-refractivity contribution in [1.82, 2.24) is 25.1 Å². The standard InChI is InChI=1S/C14H21N5O2/c1-3-19-14(17-11-18-19)10-21-13-5-4-12(16-9-13)8-15-6-7-20-2/h4-5,9,11,15H,3,6-8,10H2,1-2H3. The predicted molar refractivity (Wildman–Crippen MR) is 77.8 cm³/mol. The van der Waals surface area contributed by atoms with Gasteiger partial charge in [-0.05, 0) is 19.1 Å². The largest absolute Gasteiger partial charge is 0.484 e. The first-order chi connectivity index (χ1) is 10.3. The quantitative estimate of drug-likeness (QED) is 0.695. The van der Waals surface area contributed by atoms with Gasteiger partial charge in [-0.2, -0.15) is 5.10 Å². The minimum atomic E-state index is 0.390. The highest BCUT2D eigenvalue weighted by molar-refractivity contribution is 5.19. The Morgan fingerprint density at radius 2 is 2.19 bits per heavy atom. The Kier molecular flexibility index (Phi) is 6.11. The maximum atomic E-state index is 5.66. The molecule has 0 fully saturated rings. The number of hydrogen-bond donors (Lipinski definition) is 1. The molecule has 2 aromatic rings. The first-order valence-corrected chi connectivity index (χ1v) is 6.97. The molecule has 0 spiro atoms. The average molecular weight is 291 g/mol. The van der Waals surface area contributed by atoms with Gasteiger partial charge in [-0.1, -0.05) is 0 Å². The van der Waals surface area contributed by atoms with Crippen molar-refractivity contribution in [2.75, 3.05) is 20.3 Å². The number of methoxy groups -OCH3 is 1. The van der Waals surface area contributed by atoms with E-state index in [1.165, 1.54) is 6.33 Å². The van der Waals surface area contributed by atoms with Crippen LogP contribution in [0.25, 0.3) is 0 Å². The van der Waals surface area contributed by atoms with E-state index in [2.05, 4.69) is 20.4 Å². The molecule has 7 nitrogen and oxygen atoms in total. The maximum absolute atomic E-state index is 5.66. The second-order valence-corrected chi connectivity index (χ2v) is 4.44. The van der Waals surface area contributed by atoms with Gasteiger partial charge in [0.15, 0.2) is 5.82 Å². The molecule has 0 amide bonds. The van der Waals surface area contributed by atoms with Gasteiger partial charge in [-0.25, -0.2) is 9.67 Å². The molecule has 21 heavy (non-hydrogen) atoms. The molecule has 1 N–H and O–H groups in total. The number of nitrogens with zero attached hydrogens (tertiary/aromatic N) is 4. The SMILES string of the molecule is CCn1ncnc1COc1ccc(CNCCOC)nc1. The Morgan fingerprint density at radius 1 is 1.29 bits per heavy atom. The van der Waals surface area contributed by atoms with Gasteiger partial charge in [-0.3, -0.25) is 4.98 Å². The molecule has 2 heterocycles. The molecular weight excluding hydrogens is 270 g/mol. The monoisotopic (exact) mass is 291 g/mol. The van der Waals surface area contributed by atoms with Crippen LogP contribution in [0.15, 0.2) is 24.7 Å². The highest BCUT2D eigenvalue weighted by atomic mass is 16.5. The van der Waals surface area contributed by atoms with Crippen molar-refractivity contribution in [2.24, 2.45) is 0 Å².